The fourth-order valence-electron chi connectivity index (χ4n) is 1.83. The molecule has 0 radical (unpaired) electrons. The van der Waals surface area contributed by atoms with Gasteiger partial charge in [-0.1, -0.05) is 35.3 Å². The Labute approximate surface area is 127 Å². The zero-order chi connectivity index (χ0) is 15.8. The average Bonchev–Trinajstić information content (AvgIpc) is 2.40. The summed E-state index contributed by atoms with van der Waals surface area (Å²) in [4.78, 5) is 9.75. The Morgan fingerprint density at radius 1 is 1.05 bits per heavy atom. The zero-order valence-electron chi connectivity index (χ0n) is 10.1. The standard InChI is InChI=1S/C13H6Cl2F3NO2/c14-11-3-1-2-9(12(11)15)8-5-4-7(19(20)21)6-10(8)13(16,17)18/h1-6H. The molecule has 8 heteroatoms. The van der Waals surface area contributed by atoms with Crippen LogP contribution in [0.3, 0.4) is 0 Å². The molecule has 2 rings (SSSR count). The van der Waals surface area contributed by atoms with Crippen molar-refractivity contribution in [2.45, 2.75) is 6.18 Å². The predicted molar refractivity (Wildman–Crippen MR) is 73.6 cm³/mol. The largest absolute Gasteiger partial charge is 0.417 e. The van der Waals surface area contributed by atoms with Gasteiger partial charge in [-0.05, 0) is 17.7 Å². The molecule has 21 heavy (non-hydrogen) atoms. The molecule has 0 N–H and O–H groups in total. The van der Waals surface area contributed by atoms with E-state index in [0.29, 0.717) is 6.07 Å². The van der Waals surface area contributed by atoms with Gasteiger partial charge in [-0.3, -0.25) is 10.1 Å². The first-order valence-corrected chi connectivity index (χ1v) is 6.27. The number of hydrogen-bond donors (Lipinski definition) is 0. The summed E-state index contributed by atoms with van der Waals surface area (Å²) >= 11 is 11.7. The van der Waals surface area contributed by atoms with E-state index in [9.17, 15) is 23.3 Å². The number of non-ortho nitro benzene ring substituents is 1. The first-order valence-electron chi connectivity index (χ1n) is 5.52. The Kier molecular flexibility index (Phi) is 4.11. The van der Waals surface area contributed by atoms with Gasteiger partial charge in [0.15, 0.2) is 0 Å². The van der Waals surface area contributed by atoms with Crippen LogP contribution in [0.25, 0.3) is 11.1 Å². The summed E-state index contributed by atoms with van der Waals surface area (Å²) in [5, 5.41) is 10.7. The van der Waals surface area contributed by atoms with Crippen LogP contribution in [0.2, 0.25) is 10.0 Å². The van der Waals surface area contributed by atoms with Crippen LogP contribution in [0.1, 0.15) is 5.56 Å². The van der Waals surface area contributed by atoms with Crippen LogP contribution in [0, 0.1) is 10.1 Å². The molecule has 0 aliphatic rings. The average molecular weight is 336 g/mol. The van der Waals surface area contributed by atoms with Gasteiger partial charge in [0.1, 0.15) is 0 Å². The second-order valence-electron chi connectivity index (χ2n) is 4.09. The van der Waals surface area contributed by atoms with E-state index < -0.39 is 22.4 Å². The third kappa shape index (κ3) is 3.11. The topological polar surface area (TPSA) is 43.1 Å². The van der Waals surface area contributed by atoms with Crippen molar-refractivity contribution in [1.29, 1.82) is 0 Å². The molecule has 0 aliphatic carbocycles. The zero-order valence-corrected chi connectivity index (χ0v) is 11.6. The molecule has 0 unspecified atom stereocenters. The summed E-state index contributed by atoms with van der Waals surface area (Å²) in [6, 6.07) is 6.73. The number of halogens is 5. The lowest BCUT2D eigenvalue weighted by atomic mass is 9.98. The molecule has 0 spiro atoms. The number of hydrogen-bond acceptors (Lipinski definition) is 2. The molecule has 0 atom stereocenters. The highest BCUT2D eigenvalue weighted by molar-refractivity contribution is 6.43. The highest BCUT2D eigenvalue weighted by Gasteiger charge is 2.35. The summed E-state index contributed by atoms with van der Waals surface area (Å²) in [5.41, 5.74) is -1.99. The molecule has 0 saturated carbocycles. The molecule has 0 heterocycles. The van der Waals surface area contributed by atoms with E-state index in [1.807, 2.05) is 0 Å². The highest BCUT2D eigenvalue weighted by atomic mass is 35.5. The lowest BCUT2D eigenvalue weighted by Gasteiger charge is -2.14. The molecule has 0 bridgehead atoms. The summed E-state index contributed by atoms with van der Waals surface area (Å²) in [6.45, 7) is 0. The van der Waals surface area contributed by atoms with E-state index in [-0.39, 0.29) is 21.2 Å². The van der Waals surface area contributed by atoms with Crippen molar-refractivity contribution in [2.75, 3.05) is 0 Å². The number of benzene rings is 2. The number of alkyl halides is 3. The lowest BCUT2D eigenvalue weighted by molar-refractivity contribution is -0.385. The van der Waals surface area contributed by atoms with Gasteiger partial charge in [0.05, 0.1) is 20.5 Å². The Bertz CT molecular complexity index is 717. The molecule has 110 valence electrons. The molecule has 2 aromatic rings. The minimum atomic E-state index is -4.76. The molecule has 0 amide bonds. The van der Waals surface area contributed by atoms with Gasteiger partial charge in [-0.15, -0.1) is 0 Å². The third-order valence-electron chi connectivity index (χ3n) is 2.76. The maximum absolute atomic E-state index is 13.1. The predicted octanol–water partition coefficient (Wildman–Crippen LogP) is 5.59. The fourth-order valence-corrected chi connectivity index (χ4v) is 2.23. The Morgan fingerprint density at radius 3 is 2.29 bits per heavy atom. The van der Waals surface area contributed by atoms with Gasteiger partial charge in [0, 0.05) is 17.7 Å². The Balaban J connectivity index is 2.74. The number of rotatable bonds is 2. The van der Waals surface area contributed by atoms with Gasteiger partial charge < -0.3 is 0 Å². The maximum atomic E-state index is 13.1. The van der Waals surface area contributed by atoms with E-state index in [2.05, 4.69) is 0 Å². The molecule has 3 nitrogen and oxygen atoms in total. The van der Waals surface area contributed by atoms with Crippen molar-refractivity contribution in [3.8, 4) is 11.1 Å². The number of nitrogens with zero attached hydrogens (tertiary/aromatic N) is 1. The molecule has 0 aliphatic heterocycles. The van der Waals surface area contributed by atoms with Crippen molar-refractivity contribution in [1.82, 2.24) is 0 Å². The lowest BCUT2D eigenvalue weighted by Crippen LogP contribution is -2.08. The third-order valence-corrected chi connectivity index (χ3v) is 3.58. The van der Waals surface area contributed by atoms with Crippen LogP contribution < -0.4 is 0 Å². The van der Waals surface area contributed by atoms with Gasteiger partial charge in [-0.25, -0.2) is 0 Å². The molecular formula is C13H6Cl2F3NO2. The van der Waals surface area contributed by atoms with Crippen LogP contribution in [0.15, 0.2) is 36.4 Å². The highest BCUT2D eigenvalue weighted by Crippen LogP contribution is 2.42. The smallest absolute Gasteiger partial charge is 0.258 e. The minimum absolute atomic E-state index is 0.0430. The van der Waals surface area contributed by atoms with Crippen molar-refractivity contribution in [3.05, 3.63) is 62.1 Å². The van der Waals surface area contributed by atoms with Gasteiger partial charge >= 0.3 is 6.18 Å². The van der Waals surface area contributed by atoms with Crippen LogP contribution >= 0.6 is 23.2 Å². The van der Waals surface area contributed by atoms with E-state index in [1.165, 1.54) is 18.2 Å². The van der Waals surface area contributed by atoms with Crippen LogP contribution in [-0.4, -0.2) is 4.92 Å². The van der Waals surface area contributed by atoms with Crippen molar-refractivity contribution < 1.29 is 18.1 Å². The van der Waals surface area contributed by atoms with E-state index in [1.54, 1.807) is 0 Å². The Morgan fingerprint density at radius 2 is 1.71 bits per heavy atom. The summed E-state index contributed by atoms with van der Waals surface area (Å²) in [7, 11) is 0. The van der Waals surface area contributed by atoms with Crippen LogP contribution in [0.5, 0.6) is 0 Å². The molecular weight excluding hydrogens is 330 g/mol. The first kappa shape index (κ1) is 15.6. The van der Waals surface area contributed by atoms with Crippen molar-refractivity contribution >= 4 is 28.9 Å². The first-order chi connectivity index (χ1) is 9.71. The number of nitro groups is 1. The minimum Gasteiger partial charge on any atom is -0.258 e. The summed E-state index contributed by atoms with van der Waals surface area (Å²) in [6.07, 6.45) is -4.76. The molecule has 2 aromatic carbocycles. The SMILES string of the molecule is O=[N+]([O-])c1ccc(-c2cccc(Cl)c2Cl)c(C(F)(F)F)c1. The second-order valence-corrected chi connectivity index (χ2v) is 4.87. The quantitative estimate of drug-likeness (QED) is 0.530. The number of nitro benzene ring substituents is 1. The second kappa shape index (κ2) is 5.54. The van der Waals surface area contributed by atoms with Gasteiger partial charge in [0.25, 0.3) is 5.69 Å². The maximum Gasteiger partial charge on any atom is 0.417 e. The van der Waals surface area contributed by atoms with Gasteiger partial charge in [0.2, 0.25) is 0 Å². The molecule has 0 fully saturated rings. The molecule has 0 aromatic heterocycles. The van der Waals surface area contributed by atoms with E-state index >= 15 is 0 Å². The normalized spacial score (nSPS) is 11.5. The molecule has 0 saturated heterocycles. The summed E-state index contributed by atoms with van der Waals surface area (Å²) in [5.74, 6) is 0. The van der Waals surface area contributed by atoms with E-state index in [4.69, 9.17) is 23.2 Å². The van der Waals surface area contributed by atoms with Crippen LogP contribution in [0.4, 0.5) is 18.9 Å². The van der Waals surface area contributed by atoms with Crippen molar-refractivity contribution in [2.24, 2.45) is 0 Å². The van der Waals surface area contributed by atoms with Crippen LogP contribution in [-0.2, 0) is 6.18 Å². The summed E-state index contributed by atoms with van der Waals surface area (Å²) < 4.78 is 39.3. The van der Waals surface area contributed by atoms with Crippen molar-refractivity contribution in [3.63, 3.8) is 0 Å². The fraction of sp³-hybridized carbons (Fsp3) is 0.0769. The Hall–Kier alpha value is -1.79. The monoisotopic (exact) mass is 335 g/mol. The van der Waals surface area contributed by atoms with Gasteiger partial charge in [-0.2, -0.15) is 13.2 Å². The van der Waals surface area contributed by atoms with E-state index in [0.717, 1.165) is 12.1 Å².